The van der Waals surface area contributed by atoms with Crippen LogP contribution in [0, 0.1) is 0 Å². The molecule has 2 N–H and O–H groups in total. The van der Waals surface area contributed by atoms with Gasteiger partial charge in [-0.25, -0.2) is 0 Å². The van der Waals surface area contributed by atoms with Gasteiger partial charge in [0.15, 0.2) is 9.76 Å². The second kappa shape index (κ2) is 5.66. The fourth-order valence-corrected chi connectivity index (χ4v) is 1.75. The van der Waals surface area contributed by atoms with Crippen molar-refractivity contribution in [2.45, 2.75) is 19.4 Å². The van der Waals surface area contributed by atoms with Crippen LogP contribution in [0.5, 0.6) is 0 Å². The van der Waals surface area contributed by atoms with Crippen molar-refractivity contribution in [3.05, 3.63) is 0 Å². The molecule has 0 aliphatic carbocycles. The molecule has 0 aliphatic rings. The zero-order valence-corrected chi connectivity index (χ0v) is 7.18. The molecule has 0 spiro atoms. The van der Waals surface area contributed by atoms with E-state index in [1.807, 2.05) is 6.92 Å². The first-order valence-electron chi connectivity index (χ1n) is 2.58. The molecule has 0 rings (SSSR count). The third-order valence-corrected chi connectivity index (χ3v) is 3.35. The Hall–Kier alpha value is 0.527. The molecule has 0 saturated carbocycles. The van der Waals surface area contributed by atoms with Gasteiger partial charge in [-0.15, -0.1) is 0 Å². The van der Waals surface area contributed by atoms with Crippen molar-refractivity contribution in [3.8, 4) is 0 Å². The van der Waals surface area contributed by atoms with E-state index in [9.17, 15) is 0 Å². The van der Waals surface area contributed by atoms with Crippen LogP contribution < -0.4 is 0 Å². The first-order chi connectivity index (χ1) is 3.77. The van der Waals surface area contributed by atoms with Gasteiger partial charge in [-0.05, 0) is 6.04 Å². The lowest BCUT2D eigenvalue weighted by Crippen LogP contribution is -1.90. The van der Waals surface area contributed by atoms with Crippen LogP contribution in [0.25, 0.3) is 0 Å². The van der Waals surface area contributed by atoms with E-state index in [4.69, 9.17) is 9.79 Å². The Morgan fingerprint density at radius 3 is 2.62 bits per heavy atom. The Balaban J connectivity index is 2.72. The van der Waals surface area contributed by atoms with Gasteiger partial charge in [-0.1, -0.05) is 13.3 Å². The van der Waals surface area contributed by atoms with E-state index in [0.29, 0.717) is 0 Å². The molecular weight excluding hydrogens is 143 g/mol. The molecule has 0 heterocycles. The third-order valence-electron chi connectivity index (χ3n) is 0.705. The topological polar surface area (TPSA) is 49.7 Å². The quantitative estimate of drug-likeness (QED) is 0.343. The minimum atomic E-state index is -2.05. The molecule has 0 unspecified atom stereocenters. The lowest BCUT2D eigenvalue weighted by Gasteiger charge is -1.99. The molecule has 0 radical (unpaired) electrons. The van der Waals surface area contributed by atoms with Crippen LogP contribution in [0.4, 0.5) is 0 Å². The summed E-state index contributed by atoms with van der Waals surface area (Å²) in [6, 6.07) is 1.03. The predicted octanol–water partition coefficient (Wildman–Crippen LogP) is 0.127. The molecule has 0 aromatic rings. The van der Waals surface area contributed by atoms with Gasteiger partial charge in [-0.2, -0.15) is 0 Å². The zero-order valence-electron chi connectivity index (χ0n) is 4.87. The van der Waals surface area contributed by atoms with Crippen molar-refractivity contribution in [2.75, 3.05) is 0 Å². The average molecular weight is 154 g/mol. The van der Waals surface area contributed by atoms with Gasteiger partial charge in [0.05, 0.1) is 0 Å². The van der Waals surface area contributed by atoms with Crippen molar-refractivity contribution in [2.24, 2.45) is 0 Å². The standard InChI is InChI=1S/C3H11O3PSi/c1-2-3-8-6-7(4)5/h4-5H,2-3,8H2,1H3. The number of rotatable bonds is 4. The molecule has 5 heteroatoms. The van der Waals surface area contributed by atoms with Crippen LogP contribution in [-0.4, -0.2) is 19.5 Å². The second-order valence-corrected chi connectivity index (χ2v) is 4.09. The van der Waals surface area contributed by atoms with E-state index in [-0.39, 0.29) is 0 Å². The molecule has 0 fully saturated rings. The highest BCUT2D eigenvalue weighted by Crippen LogP contribution is 2.23. The highest BCUT2D eigenvalue weighted by molar-refractivity contribution is 7.40. The van der Waals surface area contributed by atoms with Crippen LogP contribution in [-0.2, 0) is 4.21 Å². The minimum Gasteiger partial charge on any atom is -0.362 e. The van der Waals surface area contributed by atoms with Crippen molar-refractivity contribution in [1.82, 2.24) is 0 Å². The van der Waals surface area contributed by atoms with Crippen molar-refractivity contribution in [3.63, 3.8) is 0 Å². The van der Waals surface area contributed by atoms with Crippen LogP contribution in [0.3, 0.4) is 0 Å². The molecule has 0 atom stereocenters. The summed E-state index contributed by atoms with van der Waals surface area (Å²) >= 11 is 0. The molecule has 0 bridgehead atoms. The maximum atomic E-state index is 8.21. The largest absolute Gasteiger partial charge is 0.362 e. The van der Waals surface area contributed by atoms with Gasteiger partial charge < -0.3 is 14.0 Å². The molecule has 8 heavy (non-hydrogen) atoms. The lowest BCUT2D eigenvalue weighted by molar-refractivity contribution is 0.383. The van der Waals surface area contributed by atoms with Gasteiger partial charge in [0.2, 0.25) is 0 Å². The van der Waals surface area contributed by atoms with Gasteiger partial charge in [-0.3, -0.25) is 0 Å². The predicted molar refractivity (Wildman–Crippen MR) is 36.1 cm³/mol. The number of hydrogen-bond acceptors (Lipinski definition) is 3. The van der Waals surface area contributed by atoms with Crippen LogP contribution in [0.2, 0.25) is 6.04 Å². The summed E-state index contributed by atoms with van der Waals surface area (Å²) < 4.78 is 4.60. The number of hydrogen-bond donors (Lipinski definition) is 2. The fraction of sp³-hybridized carbons (Fsp3) is 1.00. The molecule has 0 aromatic carbocycles. The maximum Gasteiger partial charge on any atom is 0.315 e. The van der Waals surface area contributed by atoms with Crippen LogP contribution in [0.1, 0.15) is 13.3 Å². The van der Waals surface area contributed by atoms with Gasteiger partial charge in [0.25, 0.3) is 0 Å². The second-order valence-electron chi connectivity index (χ2n) is 1.44. The lowest BCUT2D eigenvalue weighted by atomic mass is 10.6. The summed E-state index contributed by atoms with van der Waals surface area (Å²) in [5.74, 6) is 0. The van der Waals surface area contributed by atoms with Gasteiger partial charge in [0.1, 0.15) is 0 Å². The monoisotopic (exact) mass is 154 g/mol. The first-order valence-corrected chi connectivity index (χ1v) is 5.32. The van der Waals surface area contributed by atoms with E-state index in [1.165, 1.54) is 0 Å². The highest BCUT2D eigenvalue weighted by Gasteiger charge is 1.95. The maximum absolute atomic E-state index is 8.21. The molecule has 0 saturated heterocycles. The summed E-state index contributed by atoms with van der Waals surface area (Å²) in [5, 5.41) is 0. The first kappa shape index (κ1) is 8.53. The van der Waals surface area contributed by atoms with E-state index in [2.05, 4.69) is 4.21 Å². The molecule has 0 aromatic heterocycles. The van der Waals surface area contributed by atoms with E-state index in [0.717, 1.165) is 12.5 Å². The SMILES string of the molecule is CCC[SiH2]OP(O)O. The minimum absolute atomic E-state index is 0.607. The molecular formula is C3H11O3PSi. The zero-order chi connectivity index (χ0) is 6.41. The summed E-state index contributed by atoms with van der Waals surface area (Å²) in [6.07, 6.45) is 1.08. The van der Waals surface area contributed by atoms with Crippen molar-refractivity contribution in [1.29, 1.82) is 0 Å². The Bertz CT molecular complexity index is 51.8. The summed E-state index contributed by atoms with van der Waals surface area (Å²) in [5.41, 5.74) is 0. The Labute approximate surface area is 52.6 Å². The summed E-state index contributed by atoms with van der Waals surface area (Å²) in [4.78, 5) is 16.4. The smallest absolute Gasteiger partial charge is 0.315 e. The normalized spacial score (nSPS) is 12.0. The van der Waals surface area contributed by atoms with E-state index >= 15 is 0 Å². The average Bonchev–Trinajstić information content (AvgIpc) is 1.66. The third kappa shape index (κ3) is 6.53. The van der Waals surface area contributed by atoms with E-state index in [1.54, 1.807) is 0 Å². The van der Waals surface area contributed by atoms with Gasteiger partial charge in [0, 0.05) is 0 Å². The Morgan fingerprint density at radius 2 is 2.25 bits per heavy atom. The van der Waals surface area contributed by atoms with E-state index < -0.39 is 18.4 Å². The van der Waals surface area contributed by atoms with Crippen LogP contribution in [0.15, 0.2) is 0 Å². The van der Waals surface area contributed by atoms with Crippen molar-refractivity contribution >= 4 is 18.4 Å². The van der Waals surface area contributed by atoms with Crippen molar-refractivity contribution < 1.29 is 14.0 Å². The molecule has 3 nitrogen and oxygen atoms in total. The Kier molecular flexibility index (Phi) is 6.03. The fourth-order valence-electron chi connectivity index (χ4n) is 0.291. The van der Waals surface area contributed by atoms with Gasteiger partial charge >= 0.3 is 8.60 Å². The summed E-state index contributed by atoms with van der Waals surface area (Å²) in [6.45, 7) is 2.05. The molecule has 0 amide bonds. The Morgan fingerprint density at radius 1 is 1.62 bits per heavy atom. The summed E-state index contributed by atoms with van der Waals surface area (Å²) in [7, 11) is -2.66. The molecule has 50 valence electrons. The molecule has 0 aliphatic heterocycles. The highest BCUT2D eigenvalue weighted by atomic mass is 31.2. The van der Waals surface area contributed by atoms with Crippen LogP contribution >= 0.6 is 8.60 Å².